The third-order valence-electron chi connectivity index (χ3n) is 3.39. The Labute approximate surface area is 129 Å². The van der Waals surface area contributed by atoms with Gasteiger partial charge in [0.1, 0.15) is 0 Å². The van der Waals surface area contributed by atoms with E-state index in [0.717, 1.165) is 12.1 Å². The number of hydrogen-bond donors (Lipinski definition) is 3. The number of carbonyl (C=O) groups is 1. The smallest absolute Gasteiger partial charge is 0.315 e. The summed E-state index contributed by atoms with van der Waals surface area (Å²) in [5.74, 6) is 1.06. The lowest BCUT2D eigenvalue weighted by Gasteiger charge is -2.20. The highest BCUT2D eigenvalue weighted by molar-refractivity contribution is 5.74. The maximum absolute atomic E-state index is 12.0. The molecular weight excluding hydrogens is 282 g/mol. The quantitative estimate of drug-likeness (QED) is 0.754. The van der Waals surface area contributed by atoms with Crippen LogP contribution in [0.25, 0.3) is 5.65 Å². The summed E-state index contributed by atoms with van der Waals surface area (Å²) in [6.07, 6.45) is 2.59. The number of rotatable bonds is 6. The van der Waals surface area contributed by atoms with Crippen molar-refractivity contribution in [1.29, 1.82) is 0 Å². The fourth-order valence-corrected chi connectivity index (χ4v) is 2.39. The zero-order valence-corrected chi connectivity index (χ0v) is 13.2. The number of hydrogen-bond acceptors (Lipinski definition) is 4. The van der Waals surface area contributed by atoms with Crippen molar-refractivity contribution in [3.8, 4) is 0 Å². The van der Waals surface area contributed by atoms with Crippen LogP contribution in [0.1, 0.15) is 39.1 Å². The van der Waals surface area contributed by atoms with E-state index < -0.39 is 0 Å². The Hall–Kier alpha value is -2.15. The first-order chi connectivity index (χ1) is 10.5. The number of nitrogens with one attached hydrogen (secondary N) is 2. The van der Waals surface area contributed by atoms with E-state index in [1.165, 1.54) is 0 Å². The van der Waals surface area contributed by atoms with Crippen molar-refractivity contribution in [3.05, 3.63) is 30.2 Å². The minimum atomic E-state index is -0.320. The van der Waals surface area contributed by atoms with E-state index in [9.17, 15) is 9.90 Å². The minimum absolute atomic E-state index is 0.0756. The van der Waals surface area contributed by atoms with Gasteiger partial charge >= 0.3 is 6.03 Å². The molecule has 2 amide bonds. The molecule has 0 aliphatic heterocycles. The van der Waals surface area contributed by atoms with Crippen LogP contribution in [0.5, 0.6) is 0 Å². The minimum Gasteiger partial charge on any atom is -0.394 e. The van der Waals surface area contributed by atoms with Gasteiger partial charge in [-0.05, 0) is 31.4 Å². The summed E-state index contributed by atoms with van der Waals surface area (Å²) in [5.41, 5.74) is 0.736. The molecule has 2 aromatic rings. The average molecular weight is 305 g/mol. The second-order valence-electron chi connectivity index (χ2n) is 5.84. The molecule has 7 nitrogen and oxygen atoms in total. The van der Waals surface area contributed by atoms with Gasteiger partial charge in [0.2, 0.25) is 0 Å². The van der Waals surface area contributed by atoms with Gasteiger partial charge in [0.25, 0.3) is 0 Å². The van der Waals surface area contributed by atoms with Crippen LogP contribution in [-0.4, -0.2) is 38.4 Å². The first kappa shape index (κ1) is 16.2. The van der Waals surface area contributed by atoms with Crippen molar-refractivity contribution >= 4 is 11.7 Å². The van der Waals surface area contributed by atoms with E-state index in [0.29, 0.717) is 11.7 Å². The number of pyridine rings is 1. The molecule has 2 atom stereocenters. The summed E-state index contributed by atoms with van der Waals surface area (Å²) < 4.78 is 1.84. The van der Waals surface area contributed by atoms with Gasteiger partial charge in [0.05, 0.1) is 18.7 Å². The molecule has 0 saturated heterocycles. The number of aromatic nitrogens is 3. The fraction of sp³-hybridized carbons (Fsp3) is 0.533. The molecule has 0 spiro atoms. The van der Waals surface area contributed by atoms with Crippen molar-refractivity contribution in [2.75, 3.05) is 6.61 Å². The second kappa shape index (κ2) is 7.22. The molecular formula is C15H23N5O2. The highest BCUT2D eigenvalue weighted by Crippen LogP contribution is 2.11. The van der Waals surface area contributed by atoms with Crippen LogP contribution in [0, 0.1) is 5.92 Å². The molecule has 2 rings (SSSR count). The largest absolute Gasteiger partial charge is 0.394 e. The zero-order chi connectivity index (χ0) is 16.1. The Balaban J connectivity index is 1.99. The molecule has 0 aromatic carbocycles. The van der Waals surface area contributed by atoms with Crippen LogP contribution in [0.2, 0.25) is 0 Å². The Bertz CT molecular complexity index is 625. The Morgan fingerprint density at radius 2 is 2.05 bits per heavy atom. The SMILES string of the molecule is CC(C)CC(CO)NC(=O)NC(C)c1nnc2ccccn12. The molecule has 7 heteroatoms. The van der Waals surface area contributed by atoms with Crippen molar-refractivity contribution in [1.82, 2.24) is 25.2 Å². The maximum atomic E-state index is 12.0. The molecule has 120 valence electrons. The third kappa shape index (κ3) is 3.94. The van der Waals surface area contributed by atoms with E-state index in [1.807, 2.05) is 49.6 Å². The molecule has 0 aliphatic rings. The molecule has 0 saturated carbocycles. The number of nitrogens with zero attached hydrogens (tertiary/aromatic N) is 3. The number of fused-ring (bicyclic) bond motifs is 1. The van der Waals surface area contributed by atoms with Gasteiger partial charge in [-0.2, -0.15) is 0 Å². The van der Waals surface area contributed by atoms with Gasteiger partial charge in [-0.1, -0.05) is 19.9 Å². The number of urea groups is 1. The molecule has 22 heavy (non-hydrogen) atoms. The van der Waals surface area contributed by atoms with E-state index in [-0.39, 0.29) is 24.7 Å². The van der Waals surface area contributed by atoms with E-state index in [4.69, 9.17) is 0 Å². The molecule has 0 fully saturated rings. The van der Waals surface area contributed by atoms with E-state index in [1.54, 1.807) is 0 Å². The van der Waals surface area contributed by atoms with Crippen LogP contribution >= 0.6 is 0 Å². The van der Waals surface area contributed by atoms with Gasteiger partial charge in [-0.15, -0.1) is 10.2 Å². The highest BCUT2D eigenvalue weighted by Gasteiger charge is 2.18. The van der Waals surface area contributed by atoms with Gasteiger partial charge in [-0.25, -0.2) is 4.79 Å². The first-order valence-corrected chi connectivity index (χ1v) is 7.48. The second-order valence-corrected chi connectivity index (χ2v) is 5.84. The van der Waals surface area contributed by atoms with Crippen molar-refractivity contribution in [3.63, 3.8) is 0 Å². The molecule has 2 heterocycles. The van der Waals surface area contributed by atoms with E-state index >= 15 is 0 Å². The van der Waals surface area contributed by atoms with Gasteiger partial charge in [0.15, 0.2) is 11.5 Å². The molecule has 0 aliphatic carbocycles. The van der Waals surface area contributed by atoms with Crippen LogP contribution < -0.4 is 10.6 Å². The monoisotopic (exact) mass is 305 g/mol. The molecule has 0 bridgehead atoms. The lowest BCUT2D eigenvalue weighted by atomic mass is 10.0. The number of carbonyl (C=O) groups excluding carboxylic acids is 1. The Morgan fingerprint density at radius 3 is 2.73 bits per heavy atom. The summed E-state index contributed by atoms with van der Waals surface area (Å²) in [7, 11) is 0. The van der Waals surface area contributed by atoms with Gasteiger partial charge < -0.3 is 15.7 Å². The summed E-state index contributed by atoms with van der Waals surface area (Å²) in [4.78, 5) is 12.0. The van der Waals surface area contributed by atoms with Crippen LogP contribution in [0.3, 0.4) is 0 Å². The third-order valence-corrected chi connectivity index (χ3v) is 3.39. The lowest BCUT2D eigenvalue weighted by molar-refractivity contribution is 0.205. The van der Waals surface area contributed by atoms with E-state index in [2.05, 4.69) is 20.8 Å². The molecule has 3 N–H and O–H groups in total. The van der Waals surface area contributed by atoms with Crippen LogP contribution in [-0.2, 0) is 0 Å². The van der Waals surface area contributed by atoms with Crippen LogP contribution in [0.15, 0.2) is 24.4 Å². The van der Waals surface area contributed by atoms with Crippen molar-refractivity contribution < 1.29 is 9.90 Å². The van der Waals surface area contributed by atoms with Gasteiger partial charge in [-0.3, -0.25) is 4.40 Å². The predicted molar refractivity (Wildman–Crippen MR) is 83.4 cm³/mol. The summed E-state index contributed by atoms with van der Waals surface area (Å²) in [5, 5.41) is 23.1. The van der Waals surface area contributed by atoms with Crippen LogP contribution in [0.4, 0.5) is 4.79 Å². The first-order valence-electron chi connectivity index (χ1n) is 7.48. The summed E-state index contributed by atoms with van der Waals surface area (Å²) in [6, 6.07) is 4.76. The van der Waals surface area contributed by atoms with Crippen molar-refractivity contribution in [2.45, 2.75) is 39.3 Å². The van der Waals surface area contributed by atoms with Crippen molar-refractivity contribution in [2.24, 2.45) is 5.92 Å². The zero-order valence-electron chi connectivity index (χ0n) is 13.2. The summed E-state index contributed by atoms with van der Waals surface area (Å²) >= 11 is 0. The maximum Gasteiger partial charge on any atom is 0.315 e. The molecule has 2 aromatic heterocycles. The summed E-state index contributed by atoms with van der Waals surface area (Å²) in [6.45, 7) is 5.87. The standard InChI is InChI=1S/C15H23N5O2/c1-10(2)8-12(9-21)17-15(22)16-11(3)14-19-18-13-6-4-5-7-20(13)14/h4-7,10-12,21H,8-9H2,1-3H3,(H2,16,17,22). The highest BCUT2D eigenvalue weighted by atomic mass is 16.3. The number of aliphatic hydroxyl groups is 1. The normalized spacial score (nSPS) is 14.0. The Kier molecular flexibility index (Phi) is 5.32. The average Bonchev–Trinajstić information content (AvgIpc) is 2.89. The fourth-order valence-electron chi connectivity index (χ4n) is 2.39. The molecule has 2 unspecified atom stereocenters. The topological polar surface area (TPSA) is 91.5 Å². The predicted octanol–water partition coefficient (Wildman–Crippen LogP) is 1.50. The lowest BCUT2D eigenvalue weighted by Crippen LogP contribution is -2.45. The van der Waals surface area contributed by atoms with Gasteiger partial charge in [0, 0.05) is 6.20 Å². The number of aliphatic hydroxyl groups excluding tert-OH is 1. The molecule has 0 radical (unpaired) electrons. The Morgan fingerprint density at radius 1 is 1.27 bits per heavy atom. The number of amides is 2.